The minimum Gasteiger partial charge on any atom is -0.478 e. The van der Waals surface area contributed by atoms with Gasteiger partial charge in [-0.2, -0.15) is 0 Å². The van der Waals surface area contributed by atoms with Crippen molar-refractivity contribution in [3.05, 3.63) is 47.0 Å². The van der Waals surface area contributed by atoms with Crippen LogP contribution in [0.2, 0.25) is 0 Å². The number of benzene rings is 1. The third-order valence-electron chi connectivity index (χ3n) is 3.19. The summed E-state index contributed by atoms with van der Waals surface area (Å²) in [7, 11) is 0. The van der Waals surface area contributed by atoms with Gasteiger partial charge >= 0.3 is 5.97 Å². The fraction of sp³-hybridized carbons (Fsp3) is 0.412. The molecule has 0 heterocycles. The number of carboxylic acid groups (broad SMARTS) is 1. The van der Waals surface area contributed by atoms with E-state index >= 15 is 0 Å². The monoisotopic (exact) mass is 274 g/mol. The van der Waals surface area contributed by atoms with E-state index in [1.54, 1.807) is 31.2 Å². The van der Waals surface area contributed by atoms with Gasteiger partial charge in [-0.1, -0.05) is 37.6 Å². The van der Waals surface area contributed by atoms with Gasteiger partial charge in [-0.05, 0) is 43.4 Å². The molecule has 3 nitrogen and oxygen atoms in total. The number of hydrogen-bond donors (Lipinski definition) is 1. The summed E-state index contributed by atoms with van der Waals surface area (Å²) in [4.78, 5) is 21.4. The van der Waals surface area contributed by atoms with E-state index in [1.165, 1.54) is 5.57 Å². The Balaban J connectivity index is 0.000000200. The second kappa shape index (κ2) is 6.51. The van der Waals surface area contributed by atoms with Crippen LogP contribution in [0.4, 0.5) is 0 Å². The highest BCUT2D eigenvalue weighted by Crippen LogP contribution is 2.32. The molecular weight excluding hydrogens is 252 g/mol. The molecule has 108 valence electrons. The zero-order valence-electron chi connectivity index (χ0n) is 12.6. The summed E-state index contributed by atoms with van der Waals surface area (Å²) < 4.78 is 0. The van der Waals surface area contributed by atoms with Crippen molar-refractivity contribution in [2.24, 2.45) is 5.41 Å². The number of hydrogen-bond acceptors (Lipinski definition) is 2. The molecule has 3 heteroatoms. The molecule has 0 spiro atoms. The second-order valence-electron chi connectivity index (χ2n) is 6.09. The average molecular weight is 274 g/mol. The number of carbonyl (C=O) groups is 2. The van der Waals surface area contributed by atoms with Crippen molar-refractivity contribution in [1.29, 1.82) is 0 Å². The number of rotatable bonds is 1. The van der Waals surface area contributed by atoms with Gasteiger partial charge in [0.2, 0.25) is 0 Å². The van der Waals surface area contributed by atoms with Crippen LogP contribution in [0.1, 0.15) is 49.5 Å². The molecule has 1 aliphatic rings. The molecule has 1 aromatic rings. The first-order chi connectivity index (χ1) is 9.21. The first kappa shape index (κ1) is 16.2. The fourth-order valence-electron chi connectivity index (χ4n) is 2.48. The Hall–Kier alpha value is -1.90. The molecule has 1 N–H and O–H groups in total. The van der Waals surface area contributed by atoms with Crippen LogP contribution in [0, 0.1) is 12.3 Å². The van der Waals surface area contributed by atoms with Crippen LogP contribution >= 0.6 is 0 Å². The lowest BCUT2D eigenvalue weighted by Gasteiger charge is -2.27. The Labute approximate surface area is 120 Å². The Bertz CT molecular complexity index is 539. The Morgan fingerprint density at radius 2 is 1.75 bits per heavy atom. The molecule has 0 fully saturated rings. The van der Waals surface area contributed by atoms with Crippen LogP contribution in [0.5, 0.6) is 0 Å². The average Bonchev–Trinajstić information content (AvgIpc) is 2.26. The van der Waals surface area contributed by atoms with Crippen LogP contribution in [0.3, 0.4) is 0 Å². The van der Waals surface area contributed by atoms with Crippen molar-refractivity contribution in [2.75, 3.05) is 0 Å². The number of carbonyl (C=O) groups excluding carboxylic acids is 1. The lowest BCUT2D eigenvalue weighted by Crippen LogP contribution is -2.20. The molecular formula is C17H22O3. The molecule has 0 radical (unpaired) electrons. The molecule has 0 unspecified atom stereocenters. The zero-order chi connectivity index (χ0) is 15.3. The highest BCUT2D eigenvalue weighted by Gasteiger charge is 2.25. The molecule has 0 saturated carbocycles. The normalized spacial score (nSPS) is 16.8. The van der Waals surface area contributed by atoms with Crippen molar-refractivity contribution in [2.45, 2.75) is 40.5 Å². The molecule has 0 saturated heterocycles. The number of aryl methyl sites for hydroxylation is 1. The molecule has 2 rings (SSSR count). The van der Waals surface area contributed by atoms with Gasteiger partial charge in [-0.15, -0.1) is 0 Å². The lowest BCUT2D eigenvalue weighted by atomic mass is 9.77. The number of ketones is 1. The predicted octanol–water partition coefficient (Wildman–Crippen LogP) is 4.02. The van der Waals surface area contributed by atoms with E-state index in [0.717, 1.165) is 12.0 Å². The molecule has 0 atom stereocenters. The number of aromatic carboxylic acids is 1. The van der Waals surface area contributed by atoms with Gasteiger partial charge in [0, 0.05) is 6.42 Å². The second-order valence-corrected chi connectivity index (χ2v) is 6.09. The molecule has 1 aromatic carbocycles. The number of carboxylic acids is 1. The van der Waals surface area contributed by atoms with E-state index in [-0.39, 0.29) is 11.2 Å². The van der Waals surface area contributed by atoms with Crippen LogP contribution in [-0.2, 0) is 4.79 Å². The van der Waals surface area contributed by atoms with E-state index in [1.807, 2.05) is 13.0 Å². The summed E-state index contributed by atoms with van der Waals surface area (Å²) in [5.74, 6) is -0.577. The quantitative estimate of drug-likeness (QED) is 0.841. The van der Waals surface area contributed by atoms with Gasteiger partial charge in [-0.3, -0.25) is 4.79 Å². The van der Waals surface area contributed by atoms with E-state index in [9.17, 15) is 9.59 Å². The van der Waals surface area contributed by atoms with Crippen molar-refractivity contribution < 1.29 is 14.7 Å². The van der Waals surface area contributed by atoms with Gasteiger partial charge in [-0.25, -0.2) is 4.79 Å². The Morgan fingerprint density at radius 1 is 1.15 bits per heavy atom. The number of allylic oxidation sites excluding steroid dienone is 2. The zero-order valence-corrected chi connectivity index (χ0v) is 12.6. The summed E-state index contributed by atoms with van der Waals surface area (Å²) in [6.45, 7) is 8.09. The molecule has 20 heavy (non-hydrogen) atoms. The van der Waals surface area contributed by atoms with Crippen LogP contribution in [0.25, 0.3) is 0 Å². The van der Waals surface area contributed by atoms with E-state index in [4.69, 9.17) is 5.11 Å². The first-order valence-electron chi connectivity index (χ1n) is 6.70. The Kier molecular flexibility index (Phi) is 5.26. The van der Waals surface area contributed by atoms with E-state index in [2.05, 4.69) is 13.8 Å². The van der Waals surface area contributed by atoms with Gasteiger partial charge in [0.25, 0.3) is 0 Å². The third-order valence-corrected chi connectivity index (χ3v) is 3.19. The predicted molar refractivity (Wildman–Crippen MR) is 79.9 cm³/mol. The molecule has 0 bridgehead atoms. The largest absolute Gasteiger partial charge is 0.478 e. The van der Waals surface area contributed by atoms with Crippen molar-refractivity contribution in [3.63, 3.8) is 0 Å². The Morgan fingerprint density at radius 3 is 2.15 bits per heavy atom. The summed E-state index contributed by atoms with van der Waals surface area (Å²) in [5.41, 5.74) is 2.61. The maximum absolute atomic E-state index is 11.0. The topological polar surface area (TPSA) is 54.4 Å². The van der Waals surface area contributed by atoms with Gasteiger partial charge in [0.05, 0.1) is 5.56 Å². The fourth-order valence-corrected chi connectivity index (χ4v) is 2.48. The summed E-state index contributed by atoms with van der Waals surface area (Å²) >= 11 is 0. The van der Waals surface area contributed by atoms with Crippen molar-refractivity contribution in [3.8, 4) is 0 Å². The highest BCUT2D eigenvalue weighted by atomic mass is 16.4. The summed E-state index contributed by atoms with van der Waals surface area (Å²) in [6, 6.07) is 6.92. The lowest BCUT2D eigenvalue weighted by molar-refractivity contribution is -0.117. The smallest absolute Gasteiger partial charge is 0.335 e. The van der Waals surface area contributed by atoms with Crippen LogP contribution in [0.15, 0.2) is 35.9 Å². The van der Waals surface area contributed by atoms with Gasteiger partial charge in [0.1, 0.15) is 0 Å². The maximum Gasteiger partial charge on any atom is 0.335 e. The van der Waals surface area contributed by atoms with E-state index < -0.39 is 5.97 Å². The molecule has 1 aliphatic carbocycles. The third kappa shape index (κ3) is 5.00. The SMILES string of the molecule is CC1=CC(=O)CC(C)(C)C1.Cc1ccccc1C(=O)O. The summed E-state index contributed by atoms with van der Waals surface area (Å²) in [6.07, 6.45) is 3.55. The van der Waals surface area contributed by atoms with Crippen molar-refractivity contribution >= 4 is 11.8 Å². The summed E-state index contributed by atoms with van der Waals surface area (Å²) in [5, 5.41) is 8.57. The van der Waals surface area contributed by atoms with Gasteiger partial charge < -0.3 is 5.11 Å². The minimum atomic E-state index is -0.863. The molecule has 0 aromatic heterocycles. The standard InChI is InChI=1S/C9H14O.C8H8O2/c1-7-4-8(10)6-9(2,3)5-7;1-6-4-2-3-5-7(6)8(9)10/h4H,5-6H2,1-3H3;2-5H,1H3,(H,9,10). The maximum atomic E-state index is 11.0. The van der Waals surface area contributed by atoms with Crippen LogP contribution < -0.4 is 0 Å². The first-order valence-corrected chi connectivity index (χ1v) is 6.70. The van der Waals surface area contributed by atoms with E-state index in [0.29, 0.717) is 12.0 Å². The molecule has 0 amide bonds. The van der Waals surface area contributed by atoms with Crippen molar-refractivity contribution in [1.82, 2.24) is 0 Å². The van der Waals surface area contributed by atoms with Crippen LogP contribution in [-0.4, -0.2) is 16.9 Å². The highest BCUT2D eigenvalue weighted by molar-refractivity contribution is 5.91. The molecule has 0 aliphatic heterocycles. The minimum absolute atomic E-state index is 0.204. The van der Waals surface area contributed by atoms with Gasteiger partial charge in [0.15, 0.2) is 5.78 Å².